The highest BCUT2D eigenvalue weighted by Crippen LogP contribution is 2.29. The summed E-state index contributed by atoms with van der Waals surface area (Å²) in [6.45, 7) is 0. The summed E-state index contributed by atoms with van der Waals surface area (Å²) in [5.41, 5.74) is 7.97. The number of hydrogen-bond acceptors (Lipinski definition) is 2. The number of halogens is 3. The molecule has 6 heteroatoms. The van der Waals surface area contributed by atoms with Crippen LogP contribution in [0.5, 0.6) is 0 Å². The van der Waals surface area contributed by atoms with Gasteiger partial charge < -0.3 is 11.1 Å². The summed E-state index contributed by atoms with van der Waals surface area (Å²) in [7, 11) is 0. The molecule has 0 bridgehead atoms. The molecule has 0 saturated carbocycles. The molecule has 1 amide bonds. The SMILES string of the molecule is N[C@@H]1c2ccccc2C[C@H]1NC(=O)CCC(F)(F)F. The standard InChI is InChI=1S/C13H15F3N2O/c14-13(15,16)6-5-11(19)18-10-7-8-3-1-2-4-9(8)12(10)17/h1-4,10,12H,5-7,17H2,(H,18,19)/t10-,12-/m1/s1. The highest BCUT2D eigenvalue weighted by atomic mass is 19.4. The Morgan fingerprint density at radius 2 is 2.05 bits per heavy atom. The van der Waals surface area contributed by atoms with Gasteiger partial charge in [0.25, 0.3) is 0 Å². The average Bonchev–Trinajstić information content (AvgIpc) is 2.64. The lowest BCUT2D eigenvalue weighted by atomic mass is 10.1. The van der Waals surface area contributed by atoms with Crippen molar-refractivity contribution in [3.63, 3.8) is 0 Å². The van der Waals surface area contributed by atoms with Crippen molar-refractivity contribution >= 4 is 5.91 Å². The number of carbonyl (C=O) groups is 1. The first kappa shape index (κ1) is 13.9. The number of amides is 1. The van der Waals surface area contributed by atoms with E-state index in [-0.39, 0.29) is 12.1 Å². The molecule has 0 radical (unpaired) electrons. The Morgan fingerprint density at radius 1 is 1.37 bits per heavy atom. The molecular weight excluding hydrogens is 257 g/mol. The van der Waals surface area contributed by atoms with Gasteiger partial charge in [0.15, 0.2) is 0 Å². The zero-order valence-electron chi connectivity index (χ0n) is 10.2. The van der Waals surface area contributed by atoms with Gasteiger partial charge in [-0.2, -0.15) is 13.2 Å². The molecule has 3 nitrogen and oxygen atoms in total. The third-order valence-electron chi connectivity index (χ3n) is 3.27. The minimum absolute atomic E-state index is 0.321. The number of rotatable bonds is 3. The minimum Gasteiger partial charge on any atom is -0.351 e. The molecule has 0 saturated heterocycles. The number of hydrogen-bond donors (Lipinski definition) is 2. The van der Waals surface area contributed by atoms with Crippen LogP contribution in [0.3, 0.4) is 0 Å². The molecule has 0 unspecified atom stereocenters. The zero-order chi connectivity index (χ0) is 14.0. The number of alkyl halides is 3. The Hall–Kier alpha value is -1.56. The predicted octanol–water partition coefficient (Wildman–Crippen LogP) is 2.07. The number of carbonyl (C=O) groups excluding carboxylic acids is 1. The van der Waals surface area contributed by atoms with Gasteiger partial charge in [0.05, 0.1) is 18.5 Å². The molecule has 19 heavy (non-hydrogen) atoms. The van der Waals surface area contributed by atoms with E-state index in [1.54, 1.807) is 0 Å². The molecule has 0 heterocycles. The number of nitrogens with two attached hydrogens (primary N) is 1. The fourth-order valence-electron chi connectivity index (χ4n) is 2.30. The van der Waals surface area contributed by atoms with Crippen molar-refractivity contribution in [1.29, 1.82) is 0 Å². The Labute approximate surface area is 109 Å². The topological polar surface area (TPSA) is 55.1 Å². The highest BCUT2D eigenvalue weighted by Gasteiger charge is 2.32. The second kappa shape index (κ2) is 5.21. The zero-order valence-corrected chi connectivity index (χ0v) is 10.2. The van der Waals surface area contributed by atoms with Crippen molar-refractivity contribution in [2.45, 2.75) is 37.5 Å². The van der Waals surface area contributed by atoms with Crippen LogP contribution in [-0.4, -0.2) is 18.1 Å². The number of benzene rings is 1. The number of fused-ring (bicyclic) bond motifs is 1. The smallest absolute Gasteiger partial charge is 0.351 e. The Bertz CT molecular complexity index is 473. The second-order valence-electron chi connectivity index (χ2n) is 4.72. The fourth-order valence-corrected chi connectivity index (χ4v) is 2.30. The van der Waals surface area contributed by atoms with Gasteiger partial charge in [0, 0.05) is 6.42 Å². The van der Waals surface area contributed by atoms with Crippen LogP contribution in [0.4, 0.5) is 13.2 Å². The lowest BCUT2D eigenvalue weighted by Gasteiger charge is -2.18. The molecule has 2 rings (SSSR count). The molecule has 0 aromatic heterocycles. The van der Waals surface area contributed by atoms with E-state index in [4.69, 9.17) is 5.73 Å². The summed E-state index contributed by atoms with van der Waals surface area (Å²) in [4.78, 5) is 11.5. The molecule has 1 aromatic carbocycles. The maximum atomic E-state index is 12.0. The molecule has 0 aliphatic heterocycles. The normalized spacial score (nSPS) is 22.1. The maximum absolute atomic E-state index is 12.0. The first-order chi connectivity index (χ1) is 8.87. The molecule has 1 aliphatic rings. The molecule has 1 aliphatic carbocycles. The van der Waals surface area contributed by atoms with Crippen LogP contribution in [0, 0.1) is 0 Å². The molecule has 3 N–H and O–H groups in total. The lowest BCUT2D eigenvalue weighted by Crippen LogP contribution is -2.40. The number of nitrogens with one attached hydrogen (secondary N) is 1. The van der Waals surface area contributed by atoms with Gasteiger partial charge >= 0.3 is 6.18 Å². The van der Waals surface area contributed by atoms with Crippen LogP contribution < -0.4 is 11.1 Å². The van der Waals surface area contributed by atoms with Crippen molar-refractivity contribution in [3.05, 3.63) is 35.4 Å². The van der Waals surface area contributed by atoms with E-state index in [1.165, 1.54) is 0 Å². The minimum atomic E-state index is -4.31. The average molecular weight is 272 g/mol. The molecule has 0 fully saturated rings. The van der Waals surface area contributed by atoms with Crippen LogP contribution in [0.2, 0.25) is 0 Å². The fraction of sp³-hybridized carbons (Fsp3) is 0.462. The largest absolute Gasteiger partial charge is 0.389 e. The summed E-state index contributed by atoms with van der Waals surface area (Å²) in [6, 6.07) is 6.84. The Balaban J connectivity index is 1.90. The van der Waals surface area contributed by atoms with Crippen molar-refractivity contribution in [3.8, 4) is 0 Å². The summed E-state index contributed by atoms with van der Waals surface area (Å²) in [5.74, 6) is -0.606. The van der Waals surface area contributed by atoms with Crippen molar-refractivity contribution in [2.75, 3.05) is 0 Å². The van der Waals surface area contributed by atoms with Crippen LogP contribution in [0.15, 0.2) is 24.3 Å². The first-order valence-corrected chi connectivity index (χ1v) is 6.06. The maximum Gasteiger partial charge on any atom is 0.389 e. The van der Waals surface area contributed by atoms with Crippen molar-refractivity contribution < 1.29 is 18.0 Å². The van der Waals surface area contributed by atoms with E-state index in [0.29, 0.717) is 6.42 Å². The van der Waals surface area contributed by atoms with E-state index in [9.17, 15) is 18.0 Å². The van der Waals surface area contributed by atoms with Crippen molar-refractivity contribution in [2.24, 2.45) is 5.73 Å². The van der Waals surface area contributed by atoms with Crippen LogP contribution >= 0.6 is 0 Å². The predicted molar refractivity (Wildman–Crippen MR) is 64.3 cm³/mol. The van der Waals surface area contributed by atoms with E-state index >= 15 is 0 Å². The van der Waals surface area contributed by atoms with Crippen LogP contribution in [-0.2, 0) is 11.2 Å². The summed E-state index contributed by atoms with van der Waals surface area (Å²) >= 11 is 0. The summed E-state index contributed by atoms with van der Waals surface area (Å²) in [6.07, 6.45) is -5.40. The van der Waals surface area contributed by atoms with E-state index in [0.717, 1.165) is 11.1 Å². The first-order valence-electron chi connectivity index (χ1n) is 6.06. The second-order valence-corrected chi connectivity index (χ2v) is 4.72. The Kier molecular flexibility index (Phi) is 3.80. The summed E-state index contributed by atoms with van der Waals surface area (Å²) in [5, 5.41) is 2.58. The molecule has 2 atom stereocenters. The molecule has 0 spiro atoms. The van der Waals surface area contributed by atoms with E-state index in [1.807, 2.05) is 24.3 Å². The van der Waals surface area contributed by atoms with Gasteiger partial charge in [0.2, 0.25) is 5.91 Å². The monoisotopic (exact) mass is 272 g/mol. The highest BCUT2D eigenvalue weighted by molar-refractivity contribution is 5.76. The van der Waals surface area contributed by atoms with Crippen LogP contribution in [0.25, 0.3) is 0 Å². The molecular formula is C13H15F3N2O. The third kappa shape index (κ3) is 3.47. The van der Waals surface area contributed by atoms with Crippen molar-refractivity contribution in [1.82, 2.24) is 5.32 Å². The van der Waals surface area contributed by atoms with Gasteiger partial charge in [-0.25, -0.2) is 0 Å². The Morgan fingerprint density at radius 3 is 2.68 bits per heavy atom. The van der Waals surface area contributed by atoms with Gasteiger partial charge in [-0.05, 0) is 17.5 Å². The molecule has 104 valence electrons. The quantitative estimate of drug-likeness (QED) is 0.885. The third-order valence-corrected chi connectivity index (χ3v) is 3.27. The van der Waals surface area contributed by atoms with Gasteiger partial charge in [-0.1, -0.05) is 24.3 Å². The van der Waals surface area contributed by atoms with Gasteiger partial charge in [-0.3, -0.25) is 4.79 Å². The summed E-state index contributed by atoms with van der Waals surface area (Å²) < 4.78 is 36.0. The van der Waals surface area contributed by atoms with Gasteiger partial charge in [0.1, 0.15) is 0 Å². The van der Waals surface area contributed by atoms with E-state index in [2.05, 4.69) is 5.32 Å². The molecule has 1 aromatic rings. The lowest BCUT2D eigenvalue weighted by molar-refractivity contribution is -0.144. The van der Waals surface area contributed by atoms with E-state index < -0.39 is 24.9 Å². The van der Waals surface area contributed by atoms with Crippen LogP contribution in [0.1, 0.15) is 30.0 Å². The van der Waals surface area contributed by atoms with Gasteiger partial charge in [-0.15, -0.1) is 0 Å².